The molecule has 2 rings (SSSR count). The second-order valence-electron chi connectivity index (χ2n) is 5.07. The van der Waals surface area contributed by atoms with E-state index < -0.39 is 0 Å². The van der Waals surface area contributed by atoms with Gasteiger partial charge in [0.2, 0.25) is 0 Å². The van der Waals surface area contributed by atoms with Crippen LogP contribution in [-0.2, 0) is 12.8 Å². The number of aryl methyl sites for hydroxylation is 2. The minimum Gasteiger partial charge on any atom is -0.369 e. The molecule has 0 fully saturated rings. The van der Waals surface area contributed by atoms with Gasteiger partial charge in [0.1, 0.15) is 11.9 Å². The van der Waals surface area contributed by atoms with E-state index in [9.17, 15) is 0 Å². The Balaban J connectivity index is 2.13. The van der Waals surface area contributed by atoms with Crippen LogP contribution in [-0.4, -0.2) is 11.5 Å². The maximum atomic E-state index is 9.13. The van der Waals surface area contributed by atoms with Crippen LogP contribution in [0.1, 0.15) is 43.5 Å². The molecule has 1 aromatic rings. The van der Waals surface area contributed by atoms with E-state index in [4.69, 9.17) is 5.26 Å². The quantitative estimate of drug-likeness (QED) is 0.863. The van der Waals surface area contributed by atoms with Crippen molar-refractivity contribution in [1.29, 1.82) is 5.26 Å². The highest BCUT2D eigenvalue weighted by molar-refractivity contribution is 5.55. The number of hydrogen-bond donors (Lipinski definition) is 1. The van der Waals surface area contributed by atoms with Crippen molar-refractivity contribution >= 4 is 5.82 Å². The number of nitrogens with zero attached hydrogens (tertiary/aromatic N) is 2. The third-order valence-electron chi connectivity index (χ3n) is 3.19. The Kier molecular flexibility index (Phi) is 3.63. The highest BCUT2D eigenvalue weighted by Gasteiger charge is 2.16. The Hall–Kier alpha value is -1.56. The zero-order valence-corrected chi connectivity index (χ0v) is 10.6. The number of nitrogens with one attached hydrogen (secondary N) is 1. The zero-order chi connectivity index (χ0) is 12.3. The van der Waals surface area contributed by atoms with E-state index in [1.807, 2.05) is 6.07 Å². The van der Waals surface area contributed by atoms with Crippen LogP contribution in [0.3, 0.4) is 0 Å². The van der Waals surface area contributed by atoms with Crippen LogP contribution in [0.2, 0.25) is 0 Å². The molecule has 0 atom stereocenters. The molecule has 0 bridgehead atoms. The molecule has 0 unspecified atom stereocenters. The van der Waals surface area contributed by atoms with E-state index in [1.54, 1.807) is 0 Å². The predicted octanol–water partition coefficient (Wildman–Crippen LogP) is 2.90. The summed E-state index contributed by atoms with van der Waals surface area (Å²) in [7, 11) is 0. The van der Waals surface area contributed by atoms with Crippen LogP contribution < -0.4 is 5.32 Å². The van der Waals surface area contributed by atoms with Crippen LogP contribution in [0.15, 0.2) is 6.07 Å². The summed E-state index contributed by atoms with van der Waals surface area (Å²) in [4.78, 5) is 4.59. The van der Waals surface area contributed by atoms with E-state index in [-0.39, 0.29) is 0 Å². The summed E-state index contributed by atoms with van der Waals surface area (Å²) in [5.74, 6) is 1.44. The number of anilines is 1. The molecule has 90 valence electrons. The topological polar surface area (TPSA) is 48.7 Å². The molecule has 1 N–H and O–H groups in total. The Labute approximate surface area is 103 Å². The molecule has 0 aliphatic heterocycles. The normalized spacial score (nSPS) is 13.5. The van der Waals surface area contributed by atoms with Gasteiger partial charge in [-0.15, -0.1) is 0 Å². The minimum absolute atomic E-state index is 0.669. The predicted molar refractivity (Wildman–Crippen MR) is 68.9 cm³/mol. The average molecular weight is 229 g/mol. The van der Waals surface area contributed by atoms with Crippen LogP contribution in [0.5, 0.6) is 0 Å². The smallest absolute Gasteiger partial charge is 0.144 e. The standard InChI is InChI=1S/C14H19N3/c1-10(2)6-7-16-14-12(9-15)8-11-4-3-5-13(11)17-14/h8,10H,3-7H2,1-2H3,(H,16,17). The van der Waals surface area contributed by atoms with Crippen molar-refractivity contribution in [1.82, 2.24) is 4.98 Å². The highest BCUT2D eigenvalue weighted by Crippen LogP contribution is 2.24. The fourth-order valence-electron chi connectivity index (χ4n) is 2.17. The number of fused-ring (bicyclic) bond motifs is 1. The summed E-state index contributed by atoms with van der Waals surface area (Å²) in [6, 6.07) is 4.25. The second kappa shape index (κ2) is 5.18. The summed E-state index contributed by atoms with van der Waals surface area (Å²) < 4.78 is 0. The summed E-state index contributed by atoms with van der Waals surface area (Å²) in [5.41, 5.74) is 3.13. The van der Waals surface area contributed by atoms with E-state index in [1.165, 1.54) is 17.7 Å². The molecule has 17 heavy (non-hydrogen) atoms. The van der Waals surface area contributed by atoms with Crippen molar-refractivity contribution in [2.24, 2.45) is 5.92 Å². The lowest BCUT2D eigenvalue weighted by Gasteiger charge is -2.10. The molecule has 0 aromatic carbocycles. The summed E-state index contributed by atoms with van der Waals surface area (Å²) in [6.07, 6.45) is 4.40. The van der Waals surface area contributed by atoms with Gasteiger partial charge in [0.05, 0.1) is 5.56 Å². The lowest BCUT2D eigenvalue weighted by atomic mass is 10.1. The number of aromatic nitrogens is 1. The van der Waals surface area contributed by atoms with Gasteiger partial charge in [0.25, 0.3) is 0 Å². The molecular formula is C14H19N3. The largest absolute Gasteiger partial charge is 0.369 e. The van der Waals surface area contributed by atoms with Gasteiger partial charge >= 0.3 is 0 Å². The third kappa shape index (κ3) is 2.76. The average Bonchev–Trinajstić information content (AvgIpc) is 2.74. The van der Waals surface area contributed by atoms with Gasteiger partial charge in [-0.1, -0.05) is 13.8 Å². The van der Waals surface area contributed by atoms with Crippen LogP contribution in [0.4, 0.5) is 5.82 Å². The Morgan fingerprint density at radius 3 is 3.00 bits per heavy atom. The molecule has 1 heterocycles. The van der Waals surface area contributed by atoms with Crippen LogP contribution in [0.25, 0.3) is 0 Å². The van der Waals surface area contributed by atoms with E-state index in [0.717, 1.165) is 31.6 Å². The number of pyridine rings is 1. The van der Waals surface area contributed by atoms with Gasteiger partial charge in [-0.3, -0.25) is 0 Å². The maximum absolute atomic E-state index is 9.13. The van der Waals surface area contributed by atoms with Crippen molar-refractivity contribution in [3.63, 3.8) is 0 Å². The fourth-order valence-corrected chi connectivity index (χ4v) is 2.17. The van der Waals surface area contributed by atoms with Crippen molar-refractivity contribution in [2.45, 2.75) is 39.5 Å². The fraction of sp³-hybridized carbons (Fsp3) is 0.571. The lowest BCUT2D eigenvalue weighted by Crippen LogP contribution is -2.09. The van der Waals surface area contributed by atoms with Gasteiger partial charge in [0.15, 0.2) is 0 Å². The first-order valence-corrected chi connectivity index (χ1v) is 6.37. The highest BCUT2D eigenvalue weighted by atomic mass is 15.0. The molecular weight excluding hydrogens is 210 g/mol. The first kappa shape index (κ1) is 11.9. The lowest BCUT2D eigenvalue weighted by molar-refractivity contribution is 0.606. The molecule has 1 aromatic heterocycles. The van der Waals surface area contributed by atoms with Crippen molar-refractivity contribution in [3.8, 4) is 6.07 Å². The van der Waals surface area contributed by atoms with Crippen LogP contribution >= 0.6 is 0 Å². The first-order chi connectivity index (χ1) is 8.20. The van der Waals surface area contributed by atoms with E-state index in [0.29, 0.717) is 11.5 Å². The van der Waals surface area contributed by atoms with Gasteiger partial charge in [-0.2, -0.15) is 5.26 Å². The van der Waals surface area contributed by atoms with Gasteiger partial charge < -0.3 is 5.32 Å². The molecule has 1 aliphatic rings. The van der Waals surface area contributed by atoms with Crippen molar-refractivity contribution < 1.29 is 0 Å². The first-order valence-electron chi connectivity index (χ1n) is 6.37. The van der Waals surface area contributed by atoms with Gasteiger partial charge in [0, 0.05) is 12.2 Å². The monoisotopic (exact) mass is 229 g/mol. The summed E-state index contributed by atoms with van der Waals surface area (Å²) in [6.45, 7) is 5.28. The third-order valence-corrected chi connectivity index (χ3v) is 3.19. The molecule has 0 saturated heterocycles. The summed E-state index contributed by atoms with van der Waals surface area (Å²) in [5, 5.41) is 12.4. The summed E-state index contributed by atoms with van der Waals surface area (Å²) >= 11 is 0. The molecule has 0 spiro atoms. The maximum Gasteiger partial charge on any atom is 0.144 e. The minimum atomic E-state index is 0.669. The van der Waals surface area contributed by atoms with Crippen molar-refractivity contribution in [3.05, 3.63) is 22.9 Å². The number of nitriles is 1. The Bertz CT molecular complexity index is 444. The Morgan fingerprint density at radius 2 is 2.29 bits per heavy atom. The van der Waals surface area contributed by atoms with E-state index in [2.05, 4.69) is 30.2 Å². The SMILES string of the molecule is CC(C)CCNc1nc2c(cc1C#N)CCC2. The molecule has 3 nitrogen and oxygen atoms in total. The number of hydrogen-bond acceptors (Lipinski definition) is 3. The van der Waals surface area contributed by atoms with Crippen LogP contribution in [0, 0.1) is 17.2 Å². The van der Waals surface area contributed by atoms with E-state index >= 15 is 0 Å². The molecule has 3 heteroatoms. The van der Waals surface area contributed by atoms with Crippen molar-refractivity contribution in [2.75, 3.05) is 11.9 Å². The van der Waals surface area contributed by atoms with Gasteiger partial charge in [-0.25, -0.2) is 4.98 Å². The van der Waals surface area contributed by atoms with Gasteiger partial charge in [-0.05, 0) is 43.2 Å². The molecule has 0 saturated carbocycles. The molecule has 0 radical (unpaired) electrons. The molecule has 1 aliphatic carbocycles. The molecule has 0 amide bonds. The second-order valence-corrected chi connectivity index (χ2v) is 5.07. The Morgan fingerprint density at radius 1 is 1.47 bits per heavy atom. The number of rotatable bonds is 4. The zero-order valence-electron chi connectivity index (χ0n) is 10.6.